The molecule has 0 fully saturated rings. The number of rotatable bonds is 3. The molecule has 2 aromatic carbocycles. The third-order valence-electron chi connectivity index (χ3n) is 2.53. The van der Waals surface area contributed by atoms with Crippen molar-refractivity contribution in [1.82, 2.24) is 0 Å². The standard InChI is InChI=1S/C15H10FNO2/c16-13-7-6-12(9-17)14(8-13)15(18)19-10-11-4-2-1-3-5-11/h1-8H,10H2. The molecule has 4 heteroatoms. The van der Waals surface area contributed by atoms with Crippen LogP contribution in [0.15, 0.2) is 48.5 Å². The molecular weight excluding hydrogens is 245 g/mol. The largest absolute Gasteiger partial charge is 0.457 e. The molecule has 0 spiro atoms. The van der Waals surface area contributed by atoms with Crippen molar-refractivity contribution in [2.24, 2.45) is 0 Å². The lowest BCUT2D eigenvalue weighted by atomic mass is 10.1. The molecule has 0 radical (unpaired) electrons. The molecule has 0 amide bonds. The lowest BCUT2D eigenvalue weighted by Crippen LogP contribution is -2.08. The van der Waals surface area contributed by atoms with Gasteiger partial charge in [-0.05, 0) is 23.8 Å². The number of hydrogen-bond donors (Lipinski definition) is 0. The van der Waals surface area contributed by atoms with E-state index in [-0.39, 0.29) is 17.7 Å². The van der Waals surface area contributed by atoms with E-state index in [0.29, 0.717) is 0 Å². The maximum atomic E-state index is 13.1. The first-order valence-corrected chi connectivity index (χ1v) is 5.61. The maximum Gasteiger partial charge on any atom is 0.339 e. The van der Waals surface area contributed by atoms with E-state index in [2.05, 4.69) is 0 Å². The van der Waals surface area contributed by atoms with Gasteiger partial charge in [-0.1, -0.05) is 30.3 Å². The molecule has 0 unspecified atom stereocenters. The minimum atomic E-state index is -0.708. The molecule has 94 valence electrons. The number of hydrogen-bond acceptors (Lipinski definition) is 3. The summed E-state index contributed by atoms with van der Waals surface area (Å²) in [6.45, 7) is 0.0844. The van der Waals surface area contributed by atoms with E-state index in [1.54, 1.807) is 0 Å². The van der Waals surface area contributed by atoms with Crippen LogP contribution in [0.1, 0.15) is 21.5 Å². The quantitative estimate of drug-likeness (QED) is 0.792. The summed E-state index contributed by atoms with van der Waals surface area (Å²) in [6, 6.07) is 14.4. The lowest BCUT2D eigenvalue weighted by molar-refractivity contribution is 0.0472. The summed E-state index contributed by atoms with van der Waals surface area (Å²) in [5, 5.41) is 8.86. The van der Waals surface area contributed by atoms with Crippen molar-refractivity contribution in [3.8, 4) is 6.07 Å². The summed E-state index contributed by atoms with van der Waals surface area (Å²) < 4.78 is 18.1. The summed E-state index contributed by atoms with van der Waals surface area (Å²) in [6.07, 6.45) is 0. The Morgan fingerprint density at radius 2 is 1.95 bits per heavy atom. The van der Waals surface area contributed by atoms with E-state index in [4.69, 9.17) is 10.00 Å². The van der Waals surface area contributed by atoms with E-state index < -0.39 is 11.8 Å². The molecule has 0 heterocycles. The minimum absolute atomic E-state index is 0.0570. The summed E-state index contributed by atoms with van der Waals surface area (Å²) in [5.74, 6) is -1.29. The first-order chi connectivity index (χ1) is 9.20. The van der Waals surface area contributed by atoms with Crippen molar-refractivity contribution < 1.29 is 13.9 Å². The van der Waals surface area contributed by atoms with Crippen LogP contribution in [0.3, 0.4) is 0 Å². The predicted molar refractivity (Wildman–Crippen MR) is 66.7 cm³/mol. The van der Waals surface area contributed by atoms with Crippen molar-refractivity contribution >= 4 is 5.97 Å². The van der Waals surface area contributed by atoms with Crippen LogP contribution in [0, 0.1) is 17.1 Å². The van der Waals surface area contributed by atoms with Gasteiger partial charge in [0.25, 0.3) is 0 Å². The fourth-order valence-electron chi connectivity index (χ4n) is 1.58. The third-order valence-corrected chi connectivity index (χ3v) is 2.53. The second kappa shape index (κ2) is 5.78. The van der Waals surface area contributed by atoms with Gasteiger partial charge in [0.15, 0.2) is 0 Å². The summed E-state index contributed by atoms with van der Waals surface area (Å²) >= 11 is 0. The molecule has 3 nitrogen and oxygen atoms in total. The first kappa shape index (κ1) is 12.8. The van der Waals surface area contributed by atoms with Gasteiger partial charge >= 0.3 is 5.97 Å². The highest BCUT2D eigenvalue weighted by Crippen LogP contribution is 2.13. The summed E-state index contributed by atoms with van der Waals surface area (Å²) in [7, 11) is 0. The van der Waals surface area contributed by atoms with Crippen LogP contribution in [-0.2, 0) is 11.3 Å². The van der Waals surface area contributed by atoms with Crippen LogP contribution in [0.4, 0.5) is 4.39 Å². The molecule has 19 heavy (non-hydrogen) atoms. The Kier molecular flexibility index (Phi) is 3.89. The Hall–Kier alpha value is -2.67. The number of benzene rings is 2. The van der Waals surface area contributed by atoms with Gasteiger partial charge in [-0.15, -0.1) is 0 Å². The zero-order valence-electron chi connectivity index (χ0n) is 9.97. The van der Waals surface area contributed by atoms with Gasteiger partial charge in [0, 0.05) is 0 Å². The van der Waals surface area contributed by atoms with Crippen molar-refractivity contribution in [2.75, 3.05) is 0 Å². The SMILES string of the molecule is N#Cc1ccc(F)cc1C(=O)OCc1ccccc1. The average Bonchev–Trinajstić information content (AvgIpc) is 2.46. The monoisotopic (exact) mass is 255 g/mol. The number of nitrogens with zero attached hydrogens (tertiary/aromatic N) is 1. The van der Waals surface area contributed by atoms with Gasteiger partial charge in [0.1, 0.15) is 18.5 Å². The third kappa shape index (κ3) is 3.17. The van der Waals surface area contributed by atoms with E-state index in [0.717, 1.165) is 17.7 Å². The zero-order chi connectivity index (χ0) is 13.7. The van der Waals surface area contributed by atoms with Crippen molar-refractivity contribution in [1.29, 1.82) is 5.26 Å². The van der Waals surface area contributed by atoms with Crippen molar-refractivity contribution in [3.05, 3.63) is 71.0 Å². The average molecular weight is 255 g/mol. The second-order valence-electron chi connectivity index (χ2n) is 3.86. The van der Waals surface area contributed by atoms with Gasteiger partial charge < -0.3 is 4.74 Å². The highest BCUT2D eigenvalue weighted by molar-refractivity contribution is 5.92. The highest BCUT2D eigenvalue weighted by Gasteiger charge is 2.14. The normalized spacial score (nSPS) is 9.68. The van der Waals surface area contributed by atoms with Crippen LogP contribution < -0.4 is 0 Å². The molecule has 0 atom stereocenters. The molecule has 0 aliphatic rings. The minimum Gasteiger partial charge on any atom is -0.457 e. The number of carbonyl (C=O) groups excluding carboxylic acids is 1. The fraction of sp³-hybridized carbons (Fsp3) is 0.0667. The van der Waals surface area contributed by atoms with Gasteiger partial charge in [-0.3, -0.25) is 0 Å². The van der Waals surface area contributed by atoms with Gasteiger partial charge in [0.05, 0.1) is 11.1 Å². The number of halogens is 1. The molecule has 0 saturated carbocycles. The summed E-state index contributed by atoms with van der Waals surface area (Å²) in [4.78, 5) is 11.8. The van der Waals surface area contributed by atoms with Crippen molar-refractivity contribution in [2.45, 2.75) is 6.61 Å². The van der Waals surface area contributed by atoms with Gasteiger partial charge in [-0.25, -0.2) is 9.18 Å². The van der Waals surface area contributed by atoms with Gasteiger partial charge in [0.2, 0.25) is 0 Å². The molecule has 2 aromatic rings. The lowest BCUT2D eigenvalue weighted by Gasteiger charge is -2.06. The molecule has 0 bridgehead atoms. The molecule has 0 aliphatic heterocycles. The number of carbonyl (C=O) groups is 1. The molecule has 0 aromatic heterocycles. The Balaban J connectivity index is 2.13. The van der Waals surface area contributed by atoms with E-state index >= 15 is 0 Å². The Morgan fingerprint density at radius 1 is 1.21 bits per heavy atom. The topological polar surface area (TPSA) is 50.1 Å². The summed E-state index contributed by atoms with van der Waals surface area (Å²) in [5.41, 5.74) is 0.864. The molecular formula is C15H10FNO2. The maximum absolute atomic E-state index is 13.1. The zero-order valence-corrected chi connectivity index (χ0v) is 9.97. The van der Waals surface area contributed by atoms with Crippen LogP contribution in [0.5, 0.6) is 0 Å². The molecule has 0 saturated heterocycles. The van der Waals surface area contributed by atoms with E-state index in [1.807, 2.05) is 36.4 Å². The smallest absolute Gasteiger partial charge is 0.339 e. The number of esters is 1. The van der Waals surface area contributed by atoms with E-state index in [9.17, 15) is 9.18 Å². The first-order valence-electron chi connectivity index (χ1n) is 5.61. The highest BCUT2D eigenvalue weighted by atomic mass is 19.1. The number of ether oxygens (including phenoxy) is 1. The Bertz CT molecular complexity index is 632. The molecule has 2 rings (SSSR count). The second-order valence-corrected chi connectivity index (χ2v) is 3.86. The molecule has 0 aliphatic carbocycles. The van der Waals surface area contributed by atoms with Crippen LogP contribution in [0.2, 0.25) is 0 Å². The van der Waals surface area contributed by atoms with Crippen LogP contribution in [-0.4, -0.2) is 5.97 Å². The van der Waals surface area contributed by atoms with E-state index in [1.165, 1.54) is 6.07 Å². The Morgan fingerprint density at radius 3 is 2.63 bits per heavy atom. The van der Waals surface area contributed by atoms with Crippen LogP contribution in [0.25, 0.3) is 0 Å². The van der Waals surface area contributed by atoms with Gasteiger partial charge in [-0.2, -0.15) is 5.26 Å². The predicted octanol–water partition coefficient (Wildman–Crippen LogP) is 3.05. The fourth-order valence-corrected chi connectivity index (χ4v) is 1.58. The van der Waals surface area contributed by atoms with Crippen molar-refractivity contribution in [3.63, 3.8) is 0 Å². The Labute approximate surface area is 109 Å². The number of nitriles is 1. The van der Waals surface area contributed by atoms with Crippen LogP contribution >= 0.6 is 0 Å². The molecule has 0 N–H and O–H groups in total.